The van der Waals surface area contributed by atoms with Gasteiger partial charge >= 0.3 is 12.1 Å². The summed E-state index contributed by atoms with van der Waals surface area (Å²) in [5.74, 6) is -1.09. The number of nitrogens with one attached hydrogen (secondary N) is 1. The molecule has 2 N–H and O–H groups in total. The molecule has 1 rings (SSSR count). The molecule has 5 nitrogen and oxygen atoms in total. The van der Waals surface area contributed by atoms with Gasteiger partial charge in [-0.1, -0.05) is 30.3 Å². The number of hydrogen-bond donors (Lipinski definition) is 2. The van der Waals surface area contributed by atoms with Crippen molar-refractivity contribution < 1.29 is 19.4 Å². The number of amides is 1. The van der Waals surface area contributed by atoms with Gasteiger partial charge in [-0.3, -0.25) is 0 Å². The number of aliphatic carboxylic acids is 1. The molecular formula is C15H21NO4S. The number of alkyl carbamates (subject to hydrolysis) is 1. The van der Waals surface area contributed by atoms with E-state index < -0.39 is 29.0 Å². The van der Waals surface area contributed by atoms with Gasteiger partial charge in [-0.2, -0.15) is 11.8 Å². The highest BCUT2D eigenvalue weighted by molar-refractivity contribution is 7.98. The lowest BCUT2D eigenvalue weighted by Gasteiger charge is -2.26. The molecule has 0 aliphatic carbocycles. The summed E-state index contributed by atoms with van der Waals surface area (Å²) in [7, 11) is 0. The number of ether oxygens (including phenoxy) is 1. The fraction of sp³-hybridized carbons (Fsp3) is 0.467. The van der Waals surface area contributed by atoms with Gasteiger partial charge in [0.15, 0.2) is 0 Å². The van der Waals surface area contributed by atoms with Crippen LogP contribution in [0.15, 0.2) is 30.3 Å². The molecule has 0 aliphatic rings. The molecule has 1 aromatic carbocycles. The number of rotatable bonds is 5. The molecule has 0 spiro atoms. The third-order valence-corrected chi connectivity index (χ3v) is 3.68. The van der Waals surface area contributed by atoms with Gasteiger partial charge in [-0.25, -0.2) is 9.59 Å². The Hall–Kier alpha value is -1.69. The zero-order valence-corrected chi connectivity index (χ0v) is 13.4. The van der Waals surface area contributed by atoms with Crippen molar-refractivity contribution in [3.8, 4) is 0 Å². The van der Waals surface area contributed by atoms with E-state index in [1.165, 1.54) is 11.8 Å². The van der Waals surface area contributed by atoms with Crippen LogP contribution in [0.4, 0.5) is 4.79 Å². The van der Waals surface area contributed by atoms with Gasteiger partial charge in [0.05, 0.1) is 5.25 Å². The number of hydrogen-bond acceptors (Lipinski definition) is 4. The van der Waals surface area contributed by atoms with Gasteiger partial charge in [0.25, 0.3) is 0 Å². The molecule has 0 aromatic heterocycles. The van der Waals surface area contributed by atoms with Crippen LogP contribution in [0.1, 0.15) is 31.6 Å². The molecule has 0 bridgehead atoms. The van der Waals surface area contributed by atoms with Crippen LogP contribution in [0.25, 0.3) is 0 Å². The molecule has 0 aliphatic heterocycles. The molecule has 1 amide bonds. The molecule has 21 heavy (non-hydrogen) atoms. The molecule has 0 saturated carbocycles. The number of carboxylic acids is 1. The van der Waals surface area contributed by atoms with E-state index >= 15 is 0 Å². The second-order valence-electron chi connectivity index (χ2n) is 5.53. The topological polar surface area (TPSA) is 75.6 Å². The third-order valence-electron chi connectivity index (χ3n) is 2.62. The number of benzene rings is 1. The van der Waals surface area contributed by atoms with Crippen LogP contribution in [-0.2, 0) is 9.53 Å². The maximum atomic E-state index is 11.8. The SMILES string of the molecule is CS[C@H](c1ccccc1)[C@H](NC(=O)OC(C)(C)C)C(=O)O. The second kappa shape index (κ2) is 7.36. The molecule has 0 unspecified atom stereocenters. The predicted octanol–water partition coefficient (Wildman–Crippen LogP) is 3.07. The minimum Gasteiger partial charge on any atom is -0.480 e. The molecule has 0 heterocycles. The lowest BCUT2D eigenvalue weighted by atomic mass is 10.1. The Kier molecular flexibility index (Phi) is 6.08. The number of carbonyl (C=O) groups excluding carboxylic acids is 1. The van der Waals surface area contributed by atoms with Crippen LogP contribution < -0.4 is 5.32 Å². The first-order valence-electron chi connectivity index (χ1n) is 6.54. The van der Waals surface area contributed by atoms with E-state index in [1.54, 1.807) is 20.8 Å². The average molecular weight is 311 g/mol. The highest BCUT2D eigenvalue weighted by Crippen LogP contribution is 2.30. The van der Waals surface area contributed by atoms with Gasteiger partial charge in [-0.15, -0.1) is 0 Å². The quantitative estimate of drug-likeness (QED) is 0.874. The standard InChI is InChI=1S/C15H21NO4S/c1-15(2,3)20-14(19)16-11(13(17)18)12(21-4)10-8-6-5-7-9-10/h5-9,11-12H,1-4H3,(H,16,19)(H,17,18)/t11-,12+/m0/s1. The molecule has 6 heteroatoms. The van der Waals surface area contributed by atoms with Crippen molar-refractivity contribution >= 4 is 23.8 Å². The molecule has 0 fully saturated rings. The van der Waals surface area contributed by atoms with Gasteiger partial charge in [0, 0.05) is 0 Å². The van der Waals surface area contributed by atoms with E-state index in [-0.39, 0.29) is 0 Å². The van der Waals surface area contributed by atoms with Crippen LogP contribution in [0.5, 0.6) is 0 Å². The molecule has 0 radical (unpaired) electrons. The van der Waals surface area contributed by atoms with Crippen LogP contribution in [0.3, 0.4) is 0 Å². The fourth-order valence-electron chi connectivity index (χ4n) is 1.81. The Morgan fingerprint density at radius 2 is 1.81 bits per heavy atom. The smallest absolute Gasteiger partial charge is 0.408 e. The summed E-state index contributed by atoms with van der Waals surface area (Å²) in [5.41, 5.74) is 0.169. The summed E-state index contributed by atoms with van der Waals surface area (Å²) in [5, 5.41) is 11.4. The molecule has 116 valence electrons. The summed E-state index contributed by atoms with van der Waals surface area (Å²) in [4.78, 5) is 23.3. The van der Waals surface area contributed by atoms with Crippen molar-refractivity contribution in [1.29, 1.82) is 0 Å². The highest BCUT2D eigenvalue weighted by Gasteiger charge is 2.32. The van der Waals surface area contributed by atoms with Crippen molar-refractivity contribution in [3.63, 3.8) is 0 Å². The van der Waals surface area contributed by atoms with Crippen LogP contribution in [0, 0.1) is 0 Å². The molecule has 1 aromatic rings. The van der Waals surface area contributed by atoms with E-state index in [2.05, 4.69) is 5.32 Å². The lowest BCUT2D eigenvalue weighted by Crippen LogP contribution is -2.46. The van der Waals surface area contributed by atoms with Gasteiger partial charge in [-0.05, 0) is 32.6 Å². The monoisotopic (exact) mass is 311 g/mol. The number of carboxylic acid groups (broad SMARTS) is 1. The average Bonchev–Trinajstić information content (AvgIpc) is 2.37. The first kappa shape index (κ1) is 17.4. The Morgan fingerprint density at radius 3 is 2.24 bits per heavy atom. The molecular weight excluding hydrogens is 290 g/mol. The zero-order valence-electron chi connectivity index (χ0n) is 12.6. The van der Waals surface area contributed by atoms with Crippen molar-refractivity contribution in [2.75, 3.05) is 6.26 Å². The number of thioether (sulfide) groups is 1. The Bertz CT molecular complexity index is 484. The summed E-state index contributed by atoms with van der Waals surface area (Å²) in [6, 6.07) is 8.16. The van der Waals surface area contributed by atoms with Crippen molar-refractivity contribution in [1.82, 2.24) is 5.32 Å². The van der Waals surface area contributed by atoms with E-state index in [1.807, 2.05) is 36.6 Å². The Labute approximate surface area is 129 Å². The van der Waals surface area contributed by atoms with Crippen LogP contribution in [-0.4, -0.2) is 35.1 Å². The first-order valence-corrected chi connectivity index (χ1v) is 7.83. The largest absolute Gasteiger partial charge is 0.480 e. The van der Waals surface area contributed by atoms with E-state index in [9.17, 15) is 14.7 Å². The molecule has 0 saturated heterocycles. The number of carbonyl (C=O) groups is 2. The van der Waals surface area contributed by atoms with Gasteiger partial charge in [0.2, 0.25) is 0 Å². The third kappa shape index (κ3) is 5.67. The van der Waals surface area contributed by atoms with E-state index in [4.69, 9.17) is 4.74 Å². The Morgan fingerprint density at radius 1 is 1.24 bits per heavy atom. The summed E-state index contributed by atoms with van der Waals surface area (Å²) in [6.07, 6.45) is 1.08. The fourth-order valence-corrected chi connectivity index (χ4v) is 2.69. The maximum Gasteiger partial charge on any atom is 0.408 e. The predicted molar refractivity (Wildman–Crippen MR) is 83.5 cm³/mol. The summed E-state index contributed by atoms with van der Waals surface area (Å²) >= 11 is 1.37. The minimum absolute atomic E-state index is 0.392. The normalized spacial score (nSPS) is 14.1. The van der Waals surface area contributed by atoms with E-state index in [0.717, 1.165) is 5.56 Å². The van der Waals surface area contributed by atoms with Gasteiger partial charge < -0.3 is 15.2 Å². The van der Waals surface area contributed by atoms with Crippen molar-refractivity contribution in [3.05, 3.63) is 35.9 Å². The van der Waals surface area contributed by atoms with Gasteiger partial charge in [0.1, 0.15) is 11.6 Å². The van der Waals surface area contributed by atoms with Crippen molar-refractivity contribution in [2.45, 2.75) is 37.7 Å². The minimum atomic E-state index is -1.09. The second-order valence-corrected chi connectivity index (χ2v) is 6.51. The summed E-state index contributed by atoms with van der Waals surface area (Å²) in [6.45, 7) is 5.18. The van der Waals surface area contributed by atoms with Crippen LogP contribution in [0.2, 0.25) is 0 Å². The first-order chi connectivity index (χ1) is 9.74. The lowest BCUT2D eigenvalue weighted by molar-refractivity contribution is -0.139. The highest BCUT2D eigenvalue weighted by atomic mass is 32.2. The van der Waals surface area contributed by atoms with Crippen LogP contribution >= 0.6 is 11.8 Å². The van der Waals surface area contributed by atoms with Crippen molar-refractivity contribution in [2.24, 2.45) is 0 Å². The van der Waals surface area contributed by atoms with E-state index in [0.29, 0.717) is 0 Å². The molecule has 2 atom stereocenters. The summed E-state index contributed by atoms with van der Waals surface area (Å²) < 4.78 is 5.13. The maximum absolute atomic E-state index is 11.8. The zero-order chi connectivity index (χ0) is 16.0. The Balaban J connectivity index is 2.90.